The maximum absolute atomic E-state index is 12.8. The molecule has 2 atom stereocenters. The predicted molar refractivity (Wildman–Crippen MR) is 109 cm³/mol. The third kappa shape index (κ3) is 4.55. The fourth-order valence-corrected chi connectivity index (χ4v) is 4.13. The zero-order chi connectivity index (χ0) is 20.0. The molecule has 0 bridgehead atoms. The van der Waals surface area contributed by atoms with Crippen molar-refractivity contribution < 1.29 is 19.1 Å². The number of thioether (sulfide) groups is 1. The first kappa shape index (κ1) is 21.5. The Labute approximate surface area is 169 Å². The zero-order valence-corrected chi connectivity index (χ0v) is 17.5. The van der Waals surface area contributed by atoms with E-state index in [1.54, 1.807) is 32.5 Å². The number of carbonyl (C=O) groups excluding carboxylic acids is 2. The van der Waals surface area contributed by atoms with Crippen LogP contribution in [0.1, 0.15) is 32.3 Å². The van der Waals surface area contributed by atoms with Crippen LogP contribution in [0.15, 0.2) is 45.4 Å². The fraction of sp³-hybridized carbons (Fsp3) is 0.450. The Morgan fingerprint density at radius 1 is 1.19 bits per heavy atom. The zero-order valence-electron chi connectivity index (χ0n) is 16.0. The van der Waals surface area contributed by atoms with Gasteiger partial charge in [-0.1, -0.05) is 18.2 Å². The minimum Gasteiger partial charge on any atom is -0.465 e. The van der Waals surface area contributed by atoms with Gasteiger partial charge in [-0.2, -0.15) is 0 Å². The molecular weight excluding hydrogens is 386 g/mol. The minimum atomic E-state index is -0.704. The van der Waals surface area contributed by atoms with E-state index in [4.69, 9.17) is 21.1 Å². The highest BCUT2D eigenvalue weighted by Gasteiger charge is 2.43. The van der Waals surface area contributed by atoms with Crippen molar-refractivity contribution in [2.24, 2.45) is 10.9 Å². The highest BCUT2D eigenvalue weighted by molar-refractivity contribution is 7.98. The summed E-state index contributed by atoms with van der Waals surface area (Å²) < 4.78 is 10.6. The molecule has 7 heteroatoms. The number of esters is 2. The third-order valence-electron chi connectivity index (χ3n) is 4.35. The van der Waals surface area contributed by atoms with Crippen LogP contribution in [0.2, 0.25) is 0 Å². The molecule has 5 nitrogen and oxygen atoms in total. The van der Waals surface area contributed by atoms with Gasteiger partial charge in [-0.25, -0.2) is 4.79 Å². The number of alkyl halides is 1. The second kappa shape index (κ2) is 9.95. The number of nitrogens with zero attached hydrogens (tertiary/aromatic N) is 1. The number of allylic oxidation sites excluding steroid dienone is 1. The first-order valence-electron chi connectivity index (χ1n) is 8.80. The van der Waals surface area contributed by atoms with Gasteiger partial charge < -0.3 is 9.47 Å². The molecule has 27 heavy (non-hydrogen) atoms. The number of carbonyl (C=O) groups is 2. The highest BCUT2D eigenvalue weighted by Crippen LogP contribution is 2.43. The highest BCUT2D eigenvalue weighted by atomic mass is 35.5. The molecule has 1 heterocycles. The molecule has 0 amide bonds. The molecule has 1 aromatic rings. The van der Waals surface area contributed by atoms with Gasteiger partial charge in [0.15, 0.2) is 0 Å². The maximum Gasteiger partial charge on any atom is 0.336 e. The van der Waals surface area contributed by atoms with Gasteiger partial charge in [0.1, 0.15) is 5.92 Å². The van der Waals surface area contributed by atoms with Crippen molar-refractivity contribution in [1.82, 2.24) is 0 Å². The first-order chi connectivity index (χ1) is 13.0. The summed E-state index contributed by atoms with van der Waals surface area (Å²) in [5.41, 5.74) is 2.21. The lowest BCUT2D eigenvalue weighted by Gasteiger charge is -2.32. The van der Waals surface area contributed by atoms with E-state index in [2.05, 4.69) is 4.99 Å². The standard InChI is InChI=1S/C20H24ClNO4S/c1-5-25-19(23)16-12(3)22-14(11-21)18(20(24)26-6-2)17(16)13-9-7-8-10-15(13)27-4/h7-10,16-17H,5-6,11H2,1-4H3. The lowest BCUT2D eigenvalue weighted by molar-refractivity contribution is -0.146. The molecule has 0 aromatic heterocycles. The third-order valence-corrected chi connectivity index (χ3v) is 5.42. The number of hydrogen-bond acceptors (Lipinski definition) is 6. The van der Waals surface area contributed by atoms with Crippen molar-refractivity contribution in [3.05, 3.63) is 41.1 Å². The number of rotatable bonds is 7. The molecule has 146 valence electrons. The van der Waals surface area contributed by atoms with Crippen LogP contribution < -0.4 is 0 Å². The summed E-state index contributed by atoms with van der Waals surface area (Å²) in [4.78, 5) is 31.0. The smallest absolute Gasteiger partial charge is 0.336 e. The maximum atomic E-state index is 12.8. The fourth-order valence-electron chi connectivity index (χ4n) is 3.28. The van der Waals surface area contributed by atoms with Gasteiger partial charge in [0.05, 0.1) is 30.4 Å². The van der Waals surface area contributed by atoms with Crippen LogP contribution in [-0.2, 0) is 19.1 Å². The SMILES string of the molecule is CCOC(=O)C1=C(CCl)N=C(C)C(C(=O)OCC)C1c1ccccc1SC. The van der Waals surface area contributed by atoms with E-state index in [0.29, 0.717) is 17.0 Å². The lowest BCUT2D eigenvalue weighted by atomic mass is 9.75. The molecule has 0 spiro atoms. The van der Waals surface area contributed by atoms with Crippen LogP contribution in [0.4, 0.5) is 0 Å². The summed E-state index contributed by atoms with van der Waals surface area (Å²) in [7, 11) is 0. The number of ether oxygens (including phenoxy) is 2. The molecule has 0 fully saturated rings. The van der Waals surface area contributed by atoms with E-state index < -0.39 is 23.8 Å². The van der Waals surface area contributed by atoms with E-state index in [9.17, 15) is 9.59 Å². The summed E-state index contributed by atoms with van der Waals surface area (Å²) in [6.07, 6.45) is 1.96. The van der Waals surface area contributed by atoms with Crippen molar-refractivity contribution in [2.45, 2.75) is 31.6 Å². The normalized spacial score (nSPS) is 19.5. The second-order valence-corrected chi connectivity index (χ2v) is 7.03. The van der Waals surface area contributed by atoms with E-state index in [-0.39, 0.29) is 19.1 Å². The first-order valence-corrected chi connectivity index (χ1v) is 10.6. The van der Waals surface area contributed by atoms with Crippen molar-refractivity contribution in [2.75, 3.05) is 25.3 Å². The van der Waals surface area contributed by atoms with Crippen LogP contribution >= 0.6 is 23.4 Å². The minimum absolute atomic E-state index is 0.0545. The Morgan fingerprint density at radius 2 is 1.85 bits per heavy atom. The lowest BCUT2D eigenvalue weighted by Crippen LogP contribution is -2.37. The molecule has 0 N–H and O–H groups in total. The van der Waals surface area contributed by atoms with E-state index in [0.717, 1.165) is 10.5 Å². The van der Waals surface area contributed by atoms with Crippen molar-refractivity contribution in [1.29, 1.82) is 0 Å². The topological polar surface area (TPSA) is 65.0 Å². The average Bonchev–Trinajstić information content (AvgIpc) is 2.67. The molecule has 0 aliphatic carbocycles. The van der Waals surface area contributed by atoms with Gasteiger partial charge in [-0.3, -0.25) is 9.79 Å². The number of halogens is 1. The van der Waals surface area contributed by atoms with Gasteiger partial charge in [-0.15, -0.1) is 23.4 Å². The molecule has 1 aliphatic heterocycles. The van der Waals surface area contributed by atoms with Crippen molar-refractivity contribution in [3.8, 4) is 0 Å². The van der Waals surface area contributed by atoms with Gasteiger partial charge in [0, 0.05) is 16.5 Å². The number of hydrogen-bond donors (Lipinski definition) is 0. The van der Waals surface area contributed by atoms with Gasteiger partial charge >= 0.3 is 11.9 Å². The molecule has 0 radical (unpaired) electrons. The Bertz CT molecular complexity index is 775. The van der Waals surface area contributed by atoms with Crippen molar-refractivity contribution >= 4 is 41.0 Å². The van der Waals surface area contributed by atoms with Gasteiger partial charge in [0.2, 0.25) is 0 Å². The molecule has 0 saturated heterocycles. The van der Waals surface area contributed by atoms with Crippen LogP contribution in [0, 0.1) is 5.92 Å². The molecular formula is C20H24ClNO4S. The van der Waals surface area contributed by atoms with E-state index >= 15 is 0 Å². The number of aliphatic imine (C=N–C) groups is 1. The Morgan fingerprint density at radius 3 is 2.44 bits per heavy atom. The molecule has 2 rings (SSSR count). The van der Waals surface area contributed by atoms with Gasteiger partial charge in [-0.05, 0) is 38.7 Å². The van der Waals surface area contributed by atoms with E-state index in [1.165, 1.54) is 0 Å². The summed E-state index contributed by atoms with van der Waals surface area (Å²) in [5, 5.41) is 0. The molecule has 1 aromatic carbocycles. The molecule has 2 unspecified atom stereocenters. The second-order valence-electron chi connectivity index (χ2n) is 5.92. The molecule has 1 aliphatic rings. The van der Waals surface area contributed by atoms with Crippen LogP contribution in [0.5, 0.6) is 0 Å². The summed E-state index contributed by atoms with van der Waals surface area (Å²) >= 11 is 7.66. The van der Waals surface area contributed by atoms with Crippen LogP contribution in [-0.4, -0.2) is 43.0 Å². The van der Waals surface area contributed by atoms with Gasteiger partial charge in [0.25, 0.3) is 0 Å². The summed E-state index contributed by atoms with van der Waals surface area (Å²) in [6.45, 7) is 5.74. The summed E-state index contributed by atoms with van der Waals surface area (Å²) in [5.74, 6) is -2.11. The van der Waals surface area contributed by atoms with Crippen LogP contribution in [0.3, 0.4) is 0 Å². The largest absolute Gasteiger partial charge is 0.465 e. The predicted octanol–water partition coefficient (Wildman–Crippen LogP) is 4.20. The Kier molecular flexibility index (Phi) is 7.92. The Balaban J connectivity index is 2.73. The monoisotopic (exact) mass is 409 g/mol. The Hall–Kier alpha value is -1.79. The number of benzene rings is 1. The van der Waals surface area contributed by atoms with Crippen LogP contribution in [0.25, 0.3) is 0 Å². The average molecular weight is 410 g/mol. The molecule has 0 saturated carbocycles. The van der Waals surface area contributed by atoms with E-state index in [1.807, 2.05) is 30.5 Å². The summed E-state index contributed by atoms with van der Waals surface area (Å²) in [6, 6.07) is 7.70. The quantitative estimate of drug-likeness (QED) is 0.383. The van der Waals surface area contributed by atoms with Crippen molar-refractivity contribution in [3.63, 3.8) is 0 Å².